The van der Waals surface area contributed by atoms with Crippen LogP contribution in [0.2, 0.25) is 0 Å². The number of rotatable bonds is 9. The van der Waals surface area contributed by atoms with Crippen LogP contribution in [0, 0.1) is 0 Å². The third kappa shape index (κ3) is 5.98. The first-order valence-corrected chi connectivity index (χ1v) is 11.2. The van der Waals surface area contributed by atoms with Crippen LogP contribution in [0.25, 0.3) is 0 Å². The van der Waals surface area contributed by atoms with E-state index in [0.29, 0.717) is 22.9 Å². The van der Waals surface area contributed by atoms with E-state index in [1.54, 1.807) is 34.8 Å². The van der Waals surface area contributed by atoms with Crippen LogP contribution in [-0.2, 0) is 22.6 Å². The van der Waals surface area contributed by atoms with Crippen molar-refractivity contribution in [2.45, 2.75) is 31.8 Å². The van der Waals surface area contributed by atoms with Crippen molar-refractivity contribution >= 4 is 34.2 Å². The first kappa shape index (κ1) is 21.6. The van der Waals surface area contributed by atoms with Crippen LogP contribution in [0.5, 0.6) is 0 Å². The maximum atomic E-state index is 12.8. The van der Waals surface area contributed by atoms with Crippen molar-refractivity contribution in [1.29, 1.82) is 0 Å². The third-order valence-electron chi connectivity index (χ3n) is 4.96. The van der Waals surface area contributed by atoms with Crippen LogP contribution >= 0.6 is 11.3 Å². The van der Waals surface area contributed by atoms with Crippen molar-refractivity contribution in [1.82, 2.24) is 20.2 Å². The predicted molar refractivity (Wildman–Crippen MR) is 121 cm³/mol. The molecule has 1 aliphatic carbocycles. The predicted octanol–water partition coefficient (Wildman–Crippen LogP) is 2.64. The fourth-order valence-corrected chi connectivity index (χ4v) is 3.91. The lowest BCUT2D eigenvalue weighted by atomic mass is 10.2. The lowest BCUT2D eigenvalue weighted by Gasteiger charge is -2.21. The van der Waals surface area contributed by atoms with E-state index in [0.717, 1.165) is 18.4 Å². The lowest BCUT2D eigenvalue weighted by Crippen LogP contribution is -2.39. The van der Waals surface area contributed by atoms with Crippen LogP contribution in [0.1, 0.15) is 34.5 Å². The van der Waals surface area contributed by atoms with Gasteiger partial charge in [0, 0.05) is 35.9 Å². The molecule has 0 saturated heterocycles. The molecule has 0 unspecified atom stereocenters. The van der Waals surface area contributed by atoms with Gasteiger partial charge in [-0.1, -0.05) is 18.2 Å². The number of anilines is 1. The standard InChI is InChI=1S/C23H23N5O3S/c29-20(25-13-16-8-10-24-11-9-16)12-18-15-32-23(26-18)27-21(30)14-28(19-6-7-19)22(31)17-4-2-1-3-5-17/h1-5,8-11,15,19H,6-7,12-14H2,(H,25,29)(H,26,27,30). The van der Waals surface area contributed by atoms with E-state index in [9.17, 15) is 14.4 Å². The fraction of sp³-hybridized carbons (Fsp3) is 0.261. The Labute approximate surface area is 189 Å². The van der Waals surface area contributed by atoms with Crippen LogP contribution in [0.3, 0.4) is 0 Å². The van der Waals surface area contributed by atoms with E-state index in [4.69, 9.17) is 0 Å². The normalized spacial score (nSPS) is 12.8. The molecule has 0 atom stereocenters. The first-order chi connectivity index (χ1) is 15.6. The van der Waals surface area contributed by atoms with Gasteiger partial charge in [-0.2, -0.15) is 0 Å². The van der Waals surface area contributed by atoms with Gasteiger partial charge in [0.25, 0.3) is 5.91 Å². The highest BCUT2D eigenvalue weighted by molar-refractivity contribution is 7.13. The summed E-state index contributed by atoms with van der Waals surface area (Å²) in [7, 11) is 0. The van der Waals surface area contributed by atoms with Crippen molar-refractivity contribution in [2.75, 3.05) is 11.9 Å². The van der Waals surface area contributed by atoms with E-state index in [1.807, 2.05) is 30.3 Å². The molecule has 1 saturated carbocycles. The van der Waals surface area contributed by atoms with Gasteiger partial charge in [-0.3, -0.25) is 19.4 Å². The number of aromatic nitrogens is 2. The topological polar surface area (TPSA) is 104 Å². The van der Waals surface area contributed by atoms with Gasteiger partial charge in [-0.05, 0) is 42.7 Å². The number of nitrogens with one attached hydrogen (secondary N) is 2. The van der Waals surface area contributed by atoms with E-state index in [1.165, 1.54) is 11.3 Å². The van der Waals surface area contributed by atoms with Gasteiger partial charge >= 0.3 is 0 Å². The smallest absolute Gasteiger partial charge is 0.254 e. The van der Waals surface area contributed by atoms with Gasteiger partial charge < -0.3 is 15.5 Å². The maximum Gasteiger partial charge on any atom is 0.254 e. The van der Waals surface area contributed by atoms with E-state index >= 15 is 0 Å². The second-order valence-corrected chi connectivity index (χ2v) is 8.39. The van der Waals surface area contributed by atoms with Crippen LogP contribution < -0.4 is 10.6 Å². The highest BCUT2D eigenvalue weighted by Crippen LogP contribution is 2.28. The van der Waals surface area contributed by atoms with Gasteiger partial charge in [0.05, 0.1) is 12.1 Å². The Kier molecular flexibility index (Phi) is 6.86. The zero-order valence-electron chi connectivity index (χ0n) is 17.4. The molecule has 0 radical (unpaired) electrons. The van der Waals surface area contributed by atoms with E-state index < -0.39 is 0 Å². The Balaban J connectivity index is 1.28. The average molecular weight is 450 g/mol. The van der Waals surface area contributed by atoms with Crippen LogP contribution in [-0.4, -0.2) is 45.2 Å². The summed E-state index contributed by atoms with van der Waals surface area (Å²) in [6, 6.07) is 12.7. The molecule has 2 heterocycles. The number of carbonyl (C=O) groups excluding carboxylic acids is 3. The van der Waals surface area contributed by atoms with Gasteiger partial charge in [0.2, 0.25) is 11.8 Å². The number of thiazole rings is 1. The summed E-state index contributed by atoms with van der Waals surface area (Å²) in [6.07, 6.45) is 5.28. The molecule has 1 aromatic carbocycles. The van der Waals surface area contributed by atoms with Gasteiger partial charge in [-0.25, -0.2) is 4.98 Å². The molecule has 2 aromatic heterocycles. The molecule has 2 N–H and O–H groups in total. The first-order valence-electron chi connectivity index (χ1n) is 10.3. The quantitative estimate of drug-likeness (QED) is 0.523. The summed E-state index contributed by atoms with van der Waals surface area (Å²) in [5.74, 6) is -0.600. The summed E-state index contributed by atoms with van der Waals surface area (Å²) >= 11 is 1.26. The third-order valence-corrected chi connectivity index (χ3v) is 5.77. The highest BCUT2D eigenvalue weighted by atomic mass is 32.1. The number of amides is 3. The molecule has 0 aliphatic heterocycles. The summed E-state index contributed by atoms with van der Waals surface area (Å²) < 4.78 is 0. The minimum absolute atomic E-state index is 0.0280. The van der Waals surface area contributed by atoms with Crippen LogP contribution in [0.15, 0.2) is 60.2 Å². The molecule has 164 valence electrons. The second kappa shape index (κ2) is 10.1. The second-order valence-electron chi connectivity index (χ2n) is 7.53. The zero-order valence-corrected chi connectivity index (χ0v) is 18.2. The molecule has 3 aromatic rings. The van der Waals surface area contributed by atoms with Gasteiger partial charge in [0.1, 0.15) is 6.54 Å². The number of carbonyl (C=O) groups is 3. The molecular formula is C23H23N5O3S. The summed E-state index contributed by atoms with van der Waals surface area (Å²) in [6.45, 7) is 0.390. The lowest BCUT2D eigenvalue weighted by molar-refractivity contribution is -0.120. The van der Waals surface area contributed by atoms with Crippen molar-refractivity contribution in [3.05, 3.63) is 77.1 Å². The zero-order chi connectivity index (χ0) is 22.3. The number of benzene rings is 1. The Morgan fingerprint density at radius 1 is 1.03 bits per heavy atom. The molecule has 9 heteroatoms. The Bertz CT molecular complexity index is 1080. The number of pyridine rings is 1. The van der Waals surface area contributed by atoms with Crippen molar-refractivity contribution < 1.29 is 14.4 Å². The maximum absolute atomic E-state index is 12.8. The summed E-state index contributed by atoms with van der Waals surface area (Å²) in [4.78, 5) is 47.4. The van der Waals surface area contributed by atoms with E-state index in [-0.39, 0.29) is 36.7 Å². The number of hydrogen-bond acceptors (Lipinski definition) is 6. The minimum Gasteiger partial charge on any atom is -0.352 e. The Hall–Kier alpha value is -3.59. The molecular weight excluding hydrogens is 426 g/mol. The van der Waals surface area contributed by atoms with Crippen molar-refractivity contribution in [3.8, 4) is 0 Å². The molecule has 0 bridgehead atoms. The highest BCUT2D eigenvalue weighted by Gasteiger charge is 2.34. The largest absolute Gasteiger partial charge is 0.352 e. The molecule has 3 amide bonds. The molecule has 0 spiro atoms. The van der Waals surface area contributed by atoms with Crippen molar-refractivity contribution in [3.63, 3.8) is 0 Å². The molecule has 32 heavy (non-hydrogen) atoms. The molecule has 4 rings (SSSR count). The summed E-state index contributed by atoms with van der Waals surface area (Å²) in [5.41, 5.74) is 2.11. The Morgan fingerprint density at radius 3 is 2.50 bits per heavy atom. The molecule has 1 fully saturated rings. The SMILES string of the molecule is O=C(Cc1csc(NC(=O)CN(C(=O)c2ccccc2)C2CC2)n1)NCc1ccncc1. The number of hydrogen-bond donors (Lipinski definition) is 2. The molecule has 8 nitrogen and oxygen atoms in total. The fourth-order valence-electron chi connectivity index (χ4n) is 3.19. The van der Waals surface area contributed by atoms with Crippen molar-refractivity contribution in [2.24, 2.45) is 0 Å². The van der Waals surface area contributed by atoms with Gasteiger partial charge in [0.15, 0.2) is 5.13 Å². The monoisotopic (exact) mass is 449 g/mol. The number of nitrogens with zero attached hydrogens (tertiary/aromatic N) is 3. The molecule has 1 aliphatic rings. The van der Waals surface area contributed by atoms with Crippen LogP contribution in [0.4, 0.5) is 5.13 Å². The average Bonchev–Trinajstić information content (AvgIpc) is 3.57. The summed E-state index contributed by atoms with van der Waals surface area (Å²) in [5, 5.41) is 7.74. The Morgan fingerprint density at radius 2 is 1.78 bits per heavy atom. The van der Waals surface area contributed by atoms with E-state index in [2.05, 4.69) is 20.6 Å². The van der Waals surface area contributed by atoms with Gasteiger partial charge in [-0.15, -0.1) is 11.3 Å². The minimum atomic E-state index is -0.302.